The van der Waals surface area contributed by atoms with Crippen LogP contribution < -0.4 is 0 Å². The lowest BCUT2D eigenvalue weighted by molar-refractivity contribution is 0.593. The zero-order valence-corrected chi connectivity index (χ0v) is 12.0. The SMILES string of the molecule is [C-]#[N+]C(=NCCCCCCCCC)c1cccs1. The molecule has 18 heavy (non-hydrogen) atoms. The summed E-state index contributed by atoms with van der Waals surface area (Å²) in [6.07, 6.45) is 9.03. The van der Waals surface area contributed by atoms with Crippen LogP contribution in [0.1, 0.15) is 56.7 Å². The first kappa shape index (κ1) is 14.9. The fourth-order valence-corrected chi connectivity index (χ4v) is 2.50. The molecule has 0 N–H and O–H groups in total. The number of hydrogen-bond acceptors (Lipinski definition) is 2. The van der Waals surface area contributed by atoms with Crippen molar-refractivity contribution in [3.63, 3.8) is 0 Å². The van der Waals surface area contributed by atoms with Crippen LogP contribution in [0.15, 0.2) is 22.5 Å². The van der Waals surface area contributed by atoms with E-state index in [0.29, 0.717) is 5.84 Å². The molecule has 0 aliphatic heterocycles. The summed E-state index contributed by atoms with van der Waals surface area (Å²) in [7, 11) is 0. The van der Waals surface area contributed by atoms with E-state index in [0.717, 1.165) is 17.8 Å². The average Bonchev–Trinajstić information content (AvgIpc) is 2.91. The van der Waals surface area contributed by atoms with Gasteiger partial charge in [0.15, 0.2) is 0 Å². The molecule has 0 aliphatic carbocycles. The molecule has 3 heteroatoms. The van der Waals surface area contributed by atoms with Crippen molar-refractivity contribution in [3.05, 3.63) is 33.8 Å². The molecular weight excluding hydrogens is 240 g/mol. The highest BCUT2D eigenvalue weighted by Crippen LogP contribution is 2.12. The van der Waals surface area contributed by atoms with Crippen molar-refractivity contribution in [3.8, 4) is 0 Å². The van der Waals surface area contributed by atoms with E-state index in [1.807, 2.05) is 17.5 Å². The van der Waals surface area contributed by atoms with Crippen molar-refractivity contribution >= 4 is 17.2 Å². The van der Waals surface area contributed by atoms with Crippen molar-refractivity contribution in [1.29, 1.82) is 0 Å². The standard InChI is InChI=1S/C15H22N2S/c1-3-4-5-6-7-8-9-12-17-15(16-2)14-11-10-13-18-14/h10-11,13H,3-9,12H2,1H3. The van der Waals surface area contributed by atoms with Gasteiger partial charge in [-0.2, -0.15) is 16.3 Å². The maximum absolute atomic E-state index is 7.13. The second-order valence-electron chi connectivity index (χ2n) is 4.42. The molecule has 0 fully saturated rings. The van der Waals surface area contributed by atoms with Crippen LogP contribution in [-0.4, -0.2) is 12.4 Å². The summed E-state index contributed by atoms with van der Waals surface area (Å²) in [5, 5.41) is 1.99. The molecule has 2 nitrogen and oxygen atoms in total. The Morgan fingerprint density at radius 1 is 1.22 bits per heavy atom. The maximum Gasteiger partial charge on any atom is 0.281 e. The highest BCUT2D eigenvalue weighted by atomic mass is 32.1. The van der Waals surface area contributed by atoms with E-state index in [2.05, 4.69) is 16.8 Å². The first-order chi connectivity index (χ1) is 8.88. The number of nitrogens with zero attached hydrogens (tertiary/aromatic N) is 2. The molecule has 0 amide bonds. The summed E-state index contributed by atoms with van der Waals surface area (Å²) in [4.78, 5) is 8.88. The van der Waals surface area contributed by atoms with Gasteiger partial charge in [-0.3, -0.25) is 0 Å². The Bertz CT molecular complexity index is 374. The number of rotatable bonds is 9. The summed E-state index contributed by atoms with van der Waals surface area (Å²) in [5.41, 5.74) is 0. The molecule has 1 rings (SSSR count). The molecule has 1 aromatic rings. The summed E-state index contributed by atoms with van der Waals surface area (Å²) in [6, 6.07) is 3.93. The van der Waals surface area contributed by atoms with Gasteiger partial charge in [0.05, 0.1) is 4.88 Å². The number of unbranched alkanes of at least 4 members (excludes halogenated alkanes) is 6. The minimum absolute atomic E-state index is 0.580. The van der Waals surface area contributed by atoms with Crippen LogP contribution in [0.5, 0.6) is 0 Å². The quantitative estimate of drug-likeness (QED) is 0.253. The molecule has 98 valence electrons. The molecule has 0 saturated carbocycles. The lowest BCUT2D eigenvalue weighted by Gasteiger charge is -1.98. The Balaban J connectivity index is 2.14. The average molecular weight is 262 g/mol. The smallest absolute Gasteiger partial charge is 0.281 e. The number of hydrogen-bond donors (Lipinski definition) is 0. The van der Waals surface area contributed by atoms with Crippen LogP contribution in [0.2, 0.25) is 0 Å². The van der Waals surface area contributed by atoms with Gasteiger partial charge in [-0.15, -0.1) is 0 Å². The lowest BCUT2D eigenvalue weighted by Crippen LogP contribution is -1.93. The largest absolute Gasteiger partial charge is 0.360 e. The molecular formula is C15H22N2S. The number of amidine groups is 1. The van der Waals surface area contributed by atoms with Crippen LogP contribution in [0.3, 0.4) is 0 Å². The van der Waals surface area contributed by atoms with E-state index >= 15 is 0 Å². The summed E-state index contributed by atoms with van der Waals surface area (Å²) < 4.78 is 0. The Morgan fingerprint density at radius 3 is 2.56 bits per heavy atom. The fraction of sp³-hybridized carbons (Fsp3) is 0.600. The van der Waals surface area contributed by atoms with E-state index < -0.39 is 0 Å². The van der Waals surface area contributed by atoms with Gasteiger partial charge in [0, 0.05) is 0 Å². The molecule has 0 radical (unpaired) electrons. The number of aliphatic imine (C=N–C) groups is 1. The van der Waals surface area contributed by atoms with Gasteiger partial charge in [0.25, 0.3) is 5.84 Å². The highest BCUT2D eigenvalue weighted by molar-refractivity contribution is 7.12. The van der Waals surface area contributed by atoms with Crippen LogP contribution in [0.4, 0.5) is 0 Å². The third-order valence-corrected chi connectivity index (χ3v) is 3.74. The predicted molar refractivity (Wildman–Crippen MR) is 80.3 cm³/mol. The predicted octanol–water partition coefficient (Wildman–Crippen LogP) is 5.16. The molecule has 0 bridgehead atoms. The van der Waals surface area contributed by atoms with Gasteiger partial charge in [-0.1, -0.05) is 57.7 Å². The third kappa shape index (κ3) is 5.97. The minimum atomic E-state index is 0.580. The van der Waals surface area contributed by atoms with Gasteiger partial charge in [0.2, 0.25) is 0 Å². The van der Waals surface area contributed by atoms with Gasteiger partial charge in [-0.25, -0.2) is 0 Å². The van der Waals surface area contributed by atoms with Crippen molar-refractivity contribution in [1.82, 2.24) is 0 Å². The zero-order valence-electron chi connectivity index (χ0n) is 11.2. The van der Waals surface area contributed by atoms with Crippen LogP contribution in [-0.2, 0) is 0 Å². The third-order valence-electron chi connectivity index (χ3n) is 2.87. The first-order valence-electron chi connectivity index (χ1n) is 6.84. The van der Waals surface area contributed by atoms with Gasteiger partial charge >= 0.3 is 0 Å². The van der Waals surface area contributed by atoms with Gasteiger partial charge in [0.1, 0.15) is 6.54 Å². The van der Waals surface area contributed by atoms with E-state index in [1.54, 1.807) is 11.3 Å². The van der Waals surface area contributed by atoms with E-state index in [9.17, 15) is 0 Å². The van der Waals surface area contributed by atoms with Crippen molar-refractivity contribution in [2.24, 2.45) is 4.99 Å². The summed E-state index contributed by atoms with van der Waals surface area (Å²) in [5.74, 6) is 0.580. The van der Waals surface area contributed by atoms with Gasteiger partial charge in [-0.05, 0) is 18.2 Å². The Hall–Kier alpha value is -1.14. The second kappa shape index (κ2) is 9.85. The minimum Gasteiger partial charge on any atom is -0.360 e. The molecule has 0 aliphatic rings. The Kier molecular flexibility index (Phi) is 8.16. The molecule has 0 atom stereocenters. The molecule has 0 saturated heterocycles. The maximum atomic E-state index is 7.13. The number of thiophene rings is 1. The van der Waals surface area contributed by atoms with Crippen molar-refractivity contribution < 1.29 is 0 Å². The molecule has 1 aromatic heterocycles. The van der Waals surface area contributed by atoms with E-state index in [4.69, 9.17) is 6.57 Å². The van der Waals surface area contributed by atoms with Gasteiger partial charge < -0.3 is 4.85 Å². The van der Waals surface area contributed by atoms with Crippen LogP contribution in [0, 0.1) is 6.57 Å². The topological polar surface area (TPSA) is 16.7 Å². The van der Waals surface area contributed by atoms with Crippen molar-refractivity contribution in [2.45, 2.75) is 51.9 Å². The molecule has 0 aromatic carbocycles. The molecule has 1 heterocycles. The Labute approximate surface area is 115 Å². The zero-order chi connectivity index (χ0) is 13.1. The monoisotopic (exact) mass is 262 g/mol. The fourth-order valence-electron chi connectivity index (χ4n) is 1.83. The highest BCUT2D eigenvalue weighted by Gasteiger charge is 2.03. The van der Waals surface area contributed by atoms with E-state index in [-0.39, 0.29) is 0 Å². The molecule has 0 unspecified atom stereocenters. The first-order valence-corrected chi connectivity index (χ1v) is 7.72. The van der Waals surface area contributed by atoms with Crippen LogP contribution in [0.25, 0.3) is 4.85 Å². The lowest BCUT2D eigenvalue weighted by atomic mass is 10.1. The summed E-state index contributed by atoms with van der Waals surface area (Å²) >= 11 is 1.59. The van der Waals surface area contributed by atoms with E-state index in [1.165, 1.54) is 38.5 Å². The Morgan fingerprint density at radius 2 is 1.94 bits per heavy atom. The second-order valence-corrected chi connectivity index (χ2v) is 5.36. The normalized spacial score (nSPS) is 11.4. The van der Waals surface area contributed by atoms with Crippen molar-refractivity contribution in [2.75, 3.05) is 6.54 Å². The summed E-state index contributed by atoms with van der Waals surface area (Å²) in [6.45, 7) is 10.2. The van der Waals surface area contributed by atoms with Crippen LogP contribution >= 0.6 is 11.3 Å². The molecule has 0 spiro atoms.